The third-order valence-electron chi connectivity index (χ3n) is 3.02. The second kappa shape index (κ2) is 4.17. The smallest absolute Gasteiger partial charge is 0.336 e. The molecule has 1 aromatic carbocycles. The van der Waals surface area contributed by atoms with Crippen LogP contribution in [0, 0.1) is 0 Å². The van der Waals surface area contributed by atoms with Gasteiger partial charge in [-0.25, -0.2) is 4.79 Å². The summed E-state index contributed by atoms with van der Waals surface area (Å²) in [6.45, 7) is 0.615. The SMILES string of the molecule is O=C1CC(S)CN1c1ccc2oc(=O)ccc2c1. The number of hydrogen-bond acceptors (Lipinski definition) is 4. The highest BCUT2D eigenvalue weighted by atomic mass is 32.1. The molecule has 0 saturated carbocycles. The minimum atomic E-state index is -0.372. The van der Waals surface area contributed by atoms with Crippen molar-refractivity contribution < 1.29 is 9.21 Å². The van der Waals surface area contributed by atoms with Gasteiger partial charge in [0.15, 0.2) is 0 Å². The molecule has 1 atom stereocenters. The lowest BCUT2D eigenvalue weighted by Gasteiger charge is -2.16. The van der Waals surface area contributed by atoms with Crippen LogP contribution in [0.25, 0.3) is 11.0 Å². The Balaban J connectivity index is 2.06. The Morgan fingerprint density at radius 1 is 1.22 bits per heavy atom. The Bertz CT molecular complexity index is 679. The van der Waals surface area contributed by atoms with Gasteiger partial charge in [0.25, 0.3) is 0 Å². The summed E-state index contributed by atoms with van der Waals surface area (Å²) >= 11 is 4.33. The number of thiol groups is 1. The minimum Gasteiger partial charge on any atom is -0.423 e. The van der Waals surface area contributed by atoms with E-state index in [1.807, 2.05) is 6.07 Å². The van der Waals surface area contributed by atoms with Gasteiger partial charge in [0, 0.05) is 35.4 Å². The molecule has 1 fully saturated rings. The van der Waals surface area contributed by atoms with Gasteiger partial charge in [0.1, 0.15) is 5.58 Å². The highest BCUT2D eigenvalue weighted by molar-refractivity contribution is 7.81. The van der Waals surface area contributed by atoms with Crippen LogP contribution in [0.5, 0.6) is 0 Å². The van der Waals surface area contributed by atoms with E-state index in [0.29, 0.717) is 18.5 Å². The van der Waals surface area contributed by atoms with Crippen LogP contribution in [-0.4, -0.2) is 17.7 Å². The van der Waals surface area contributed by atoms with Crippen molar-refractivity contribution in [3.63, 3.8) is 0 Å². The largest absolute Gasteiger partial charge is 0.423 e. The van der Waals surface area contributed by atoms with Crippen molar-refractivity contribution in [2.75, 3.05) is 11.4 Å². The molecular weight excluding hydrogens is 250 g/mol. The number of anilines is 1. The molecule has 4 nitrogen and oxygen atoms in total. The summed E-state index contributed by atoms with van der Waals surface area (Å²) in [4.78, 5) is 24.6. The summed E-state index contributed by atoms with van der Waals surface area (Å²) in [6.07, 6.45) is 0.463. The van der Waals surface area contributed by atoms with E-state index in [-0.39, 0.29) is 16.8 Å². The Morgan fingerprint density at radius 3 is 2.78 bits per heavy atom. The number of benzene rings is 1. The third-order valence-corrected chi connectivity index (χ3v) is 3.37. The maximum absolute atomic E-state index is 11.8. The van der Waals surface area contributed by atoms with Gasteiger partial charge in [-0.2, -0.15) is 12.6 Å². The molecule has 1 unspecified atom stereocenters. The maximum atomic E-state index is 11.8. The van der Waals surface area contributed by atoms with E-state index < -0.39 is 0 Å². The molecule has 1 saturated heterocycles. The zero-order valence-electron chi connectivity index (χ0n) is 9.50. The second-order valence-corrected chi connectivity index (χ2v) is 5.07. The van der Waals surface area contributed by atoms with E-state index in [1.165, 1.54) is 6.07 Å². The molecule has 0 aliphatic carbocycles. The van der Waals surface area contributed by atoms with E-state index in [1.54, 1.807) is 23.1 Å². The van der Waals surface area contributed by atoms with Crippen molar-refractivity contribution in [3.05, 3.63) is 40.8 Å². The molecule has 0 spiro atoms. The topological polar surface area (TPSA) is 50.5 Å². The molecule has 5 heteroatoms. The molecule has 0 bridgehead atoms. The molecule has 1 aliphatic rings. The first-order valence-corrected chi connectivity index (χ1v) is 6.17. The zero-order valence-corrected chi connectivity index (χ0v) is 10.4. The lowest BCUT2D eigenvalue weighted by Crippen LogP contribution is -2.24. The number of fused-ring (bicyclic) bond motifs is 1. The number of amides is 1. The summed E-state index contributed by atoms with van der Waals surface area (Å²) in [5, 5.41) is 0.893. The lowest BCUT2D eigenvalue weighted by molar-refractivity contribution is -0.117. The fraction of sp³-hybridized carbons (Fsp3) is 0.231. The van der Waals surface area contributed by atoms with Gasteiger partial charge in [-0.05, 0) is 24.3 Å². The predicted molar refractivity (Wildman–Crippen MR) is 72.2 cm³/mol. The van der Waals surface area contributed by atoms with Crippen molar-refractivity contribution in [1.29, 1.82) is 0 Å². The number of nitrogens with zero attached hydrogens (tertiary/aromatic N) is 1. The van der Waals surface area contributed by atoms with Gasteiger partial charge in [-0.1, -0.05) is 0 Å². The fourth-order valence-electron chi connectivity index (χ4n) is 2.17. The van der Waals surface area contributed by atoms with Crippen molar-refractivity contribution >= 4 is 35.2 Å². The molecule has 1 aliphatic heterocycles. The number of carbonyl (C=O) groups is 1. The van der Waals surface area contributed by atoms with Crippen LogP contribution in [0.15, 0.2) is 39.5 Å². The molecule has 0 N–H and O–H groups in total. The van der Waals surface area contributed by atoms with Gasteiger partial charge >= 0.3 is 5.63 Å². The van der Waals surface area contributed by atoms with Crippen LogP contribution < -0.4 is 10.5 Å². The Morgan fingerprint density at radius 2 is 2.06 bits per heavy atom. The predicted octanol–water partition coefficient (Wildman–Crippen LogP) is 1.83. The van der Waals surface area contributed by atoms with Gasteiger partial charge in [-0.3, -0.25) is 4.79 Å². The minimum absolute atomic E-state index is 0.0757. The van der Waals surface area contributed by atoms with Gasteiger partial charge in [0.05, 0.1) is 0 Å². The van der Waals surface area contributed by atoms with Crippen LogP contribution in [0.2, 0.25) is 0 Å². The molecule has 1 aromatic heterocycles. The molecular formula is C13H11NO3S. The summed E-state index contributed by atoms with van der Waals surface area (Å²) in [6, 6.07) is 8.42. The van der Waals surface area contributed by atoms with E-state index >= 15 is 0 Å². The summed E-state index contributed by atoms with van der Waals surface area (Å²) in [5.74, 6) is 0.0757. The number of rotatable bonds is 1. The Kier molecular flexibility index (Phi) is 2.63. The lowest BCUT2D eigenvalue weighted by atomic mass is 10.2. The van der Waals surface area contributed by atoms with Crippen LogP contribution >= 0.6 is 12.6 Å². The highest BCUT2D eigenvalue weighted by Crippen LogP contribution is 2.26. The van der Waals surface area contributed by atoms with Crippen LogP contribution in [0.1, 0.15) is 6.42 Å². The monoisotopic (exact) mass is 261 g/mol. The quantitative estimate of drug-likeness (QED) is 0.629. The Hall–Kier alpha value is -1.75. The Labute approximate surface area is 109 Å². The number of hydrogen-bond donors (Lipinski definition) is 1. The molecule has 2 aromatic rings. The van der Waals surface area contributed by atoms with Crippen LogP contribution in [-0.2, 0) is 4.79 Å². The van der Waals surface area contributed by atoms with Crippen molar-refractivity contribution in [1.82, 2.24) is 0 Å². The molecule has 3 rings (SSSR count). The standard InChI is InChI=1S/C13H11NO3S/c15-12-6-10(18)7-14(12)9-2-3-11-8(5-9)1-4-13(16)17-11/h1-5,10,18H,6-7H2. The van der Waals surface area contributed by atoms with Crippen molar-refractivity contribution in [3.8, 4) is 0 Å². The second-order valence-electron chi connectivity index (χ2n) is 4.34. The molecule has 1 amide bonds. The van der Waals surface area contributed by atoms with E-state index in [2.05, 4.69) is 12.6 Å². The van der Waals surface area contributed by atoms with Gasteiger partial charge in [0.2, 0.25) is 5.91 Å². The molecule has 18 heavy (non-hydrogen) atoms. The summed E-state index contributed by atoms with van der Waals surface area (Å²) in [5.41, 5.74) is 0.973. The van der Waals surface area contributed by atoms with Gasteiger partial charge < -0.3 is 9.32 Å². The van der Waals surface area contributed by atoms with Crippen LogP contribution in [0.3, 0.4) is 0 Å². The van der Waals surface area contributed by atoms with Crippen molar-refractivity contribution in [2.24, 2.45) is 0 Å². The van der Waals surface area contributed by atoms with E-state index in [9.17, 15) is 9.59 Å². The average molecular weight is 261 g/mol. The molecule has 2 heterocycles. The maximum Gasteiger partial charge on any atom is 0.336 e. The van der Waals surface area contributed by atoms with E-state index in [0.717, 1.165) is 11.1 Å². The zero-order chi connectivity index (χ0) is 12.7. The van der Waals surface area contributed by atoms with Gasteiger partial charge in [-0.15, -0.1) is 0 Å². The van der Waals surface area contributed by atoms with E-state index in [4.69, 9.17) is 4.42 Å². The molecule has 92 valence electrons. The third kappa shape index (κ3) is 1.90. The first-order chi connectivity index (χ1) is 8.63. The highest BCUT2D eigenvalue weighted by Gasteiger charge is 2.28. The number of carbonyl (C=O) groups excluding carboxylic acids is 1. The average Bonchev–Trinajstić information content (AvgIpc) is 2.68. The van der Waals surface area contributed by atoms with Crippen LogP contribution in [0.4, 0.5) is 5.69 Å². The molecule has 0 radical (unpaired) electrons. The summed E-state index contributed by atoms with van der Waals surface area (Å²) in [7, 11) is 0. The first-order valence-electron chi connectivity index (χ1n) is 5.66. The fourth-order valence-corrected chi connectivity index (χ4v) is 2.48. The van der Waals surface area contributed by atoms with Crippen molar-refractivity contribution in [2.45, 2.75) is 11.7 Å². The first kappa shape index (κ1) is 11.3. The normalized spacial score (nSPS) is 19.7. The summed E-state index contributed by atoms with van der Waals surface area (Å²) < 4.78 is 5.05.